The van der Waals surface area contributed by atoms with Crippen molar-refractivity contribution in [1.82, 2.24) is 20.1 Å². The van der Waals surface area contributed by atoms with Crippen LogP contribution in [0, 0.1) is 0 Å². The summed E-state index contributed by atoms with van der Waals surface area (Å²) in [4.78, 5) is 24.9. The highest BCUT2D eigenvalue weighted by Crippen LogP contribution is 2.21. The zero-order chi connectivity index (χ0) is 17.8. The van der Waals surface area contributed by atoms with Crippen LogP contribution in [0.1, 0.15) is 12.3 Å². The van der Waals surface area contributed by atoms with Crippen molar-refractivity contribution < 1.29 is 9.32 Å². The third-order valence-corrected chi connectivity index (χ3v) is 3.88. The fraction of sp³-hybridized carbons (Fsp3) is 0.105. The third-order valence-electron chi connectivity index (χ3n) is 3.88. The molecular formula is C19H15N5O2. The quantitative estimate of drug-likeness (QED) is 0.597. The summed E-state index contributed by atoms with van der Waals surface area (Å²) in [6, 6.07) is 13.1. The topological polar surface area (TPSA) is 93.8 Å². The SMILES string of the molecule is O=C(CCc1nc(-c2ccncc2)no1)Nc1cccc2cccnc12. The molecule has 3 aromatic heterocycles. The summed E-state index contributed by atoms with van der Waals surface area (Å²) in [6.07, 6.45) is 5.63. The normalized spacial score (nSPS) is 10.8. The zero-order valence-electron chi connectivity index (χ0n) is 13.8. The smallest absolute Gasteiger partial charge is 0.227 e. The molecule has 26 heavy (non-hydrogen) atoms. The second-order valence-corrected chi connectivity index (χ2v) is 5.68. The Morgan fingerprint density at radius 2 is 1.88 bits per heavy atom. The van der Waals surface area contributed by atoms with Crippen LogP contribution in [-0.4, -0.2) is 26.0 Å². The van der Waals surface area contributed by atoms with E-state index in [9.17, 15) is 4.79 Å². The molecule has 0 saturated carbocycles. The molecule has 1 amide bonds. The first-order valence-corrected chi connectivity index (χ1v) is 8.16. The van der Waals surface area contributed by atoms with Crippen LogP contribution in [0.25, 0.3) is 22.3 Å². The Kier molecular flexibility index (Phi) is 4.34. The molecule has 0 unspecified atom stereocenters. The Morgan fingerprint density at radius 3 is 2.77 bits per heavy atom. The first-order valence-electron chi connectivity index (χ1n) is 8.16. The van der Waals surface area contributed by atoms with Crippen LogP contribution in [0.4, 0.5) is 5.69 Å². The molecule has 1 aromatic carbocycles. The van der Waals surface area contributed by atoms with Crippen LogP contribution in [-0.2, 0) is 11.2 Å². The molecule has 0 aliphatic rings. The van der Waals surface area contributed by atoms with E-state index in [4.69, 9.17) is 4.52 Å². The minimum absolute atomic E-state index is 0.133. The van der Waals surface area contributed by atoms with Crippen LogP contribution in [0.2, 0.25) is 0 Å². The number of benzene rings is 1. The first-order chi connectivity index (χ1) is 12.8. The number of aromatic nitrogens is 4. The minimum atomic E-state index is -0.133. The predicted molar refractivity (Wildman–Crippen MR) is 96.2 cm³/mol. The highest BCUT2D eigenvalue weighted by Gasteiger charge is 2.12. The molecule has 4 rings (SSSR count). The average Bonchev–Trinajstić information content (AvgIpc) is 3.17. The van der Waals surface area contributed by atoms with Crippen LogP contribution >= 0.6 is 0 Å². The Labute approximate surface area is 149 Å². The molecule has 0 radical (unpaired) electrons. The van der Waals surface area contributed by atoms with Gasteiger partial charge in [0, 0.05) is 42.4 Å². The van der Waals surface area contributed by atoms with E-state index < -0.39 is 0 Å². The van der Waals surface area contributed by atoms with E-state index in [2.05, 4.69) is 25.4 Å². The van der Waals surface area contributed by atoms with E-state index in [0.29, 0.717) is 23.8 Å². The van der Waals surface area contributed by atoms with Gasteiger partial charge in [-0.3, -0.25) is 14.8 Å². The summed E-state index contributed by atoms with van der Waals surface area (Å²) in [7, 11) is 0. The molecule has 0 atom stereocenters. The third kappa shape index (κ3) is 3.41. The van der Waals surface area contributed by atoms with Crippen molar-refractivity contribution in [2.24, 2.45) is 0 Å². The van der Waals surface area contributed by atoms with Crippen LogP contribution in [0.15, 0.2) is 65.6 Å². The molecule has 1 N–H and O–H groups in total. The van der Waals surface area contributed by atoms with Gasteiger partial charge in [-0.05, 0) is 24.3 Å². The molecule has 7 heteroatoms. The highest BCUT2D eigenvalue weighted by molar-refractivity contribution is 6.00. The lowest BCUT2D eigenvalue weighted by molar-refractivity contribution is -0.116. The number of nitrogens with zero attached hydrogens (tertiary/aromatic N) is 4. The van der Waals surface area contributed by atoms with E-state index >= 15 is 0 Å². The first kappa shape index (κ1) is 15.9. The number of pyridine rings is 2. The van der Waals surface area contributed by atoms with E-state index in [1.807, 2.05) is 30.3 Å². The van der Waals surface area contributed by atoms with Gasteiger partial charge in [0.25, 0.3) is 0 Å². The van der Waals surface area contributed by atoms with Gasteiger partial charge < -0.3 is 9.84 Å². The summed E-state index contributed by atoms with van der Waals surface area (Å²) >= 11 is 0. The van der Waals surface area contributed by atoms with Gasteiger partial charge in [-0.2, -0.15) is 4.98 Å². The standard InChI is InChI=1S/C19H15N5O2/c25-16(22-15-5-1-3-13-4-2-10-21-18(13)15)6-7-17-23-19(24-26-17)14-8-11-20-12-9-14/h1-5,8-12H,6-7H2,(H,22,25). The van der Waals surface area contributed by atoms with E-state index in [1.165, 1.54) is 0 Å². The highest BCUT2D eigenvalue weighted by atomic mass is 16.5. The fourth-order valence-corrected chi connectivity index (χ4v) is 2.61. The second-order valence-electron chi connectivity index (χ2n) is 5.68. The van der Waals surface area contributed by atoms with Crippen molar-refractivity contribution in [2.45, 2.75) is 12.8 Å². The van der Waals surface area contributed by atoms with Crippen LogP contribution in [0.5, 0.6) is 0 Å². The molecule has 0 aliphatic heterocycles. The summed E-state index contributed by atoms with van der Waals surface area (Å²) < 4.78 is 5.22. The number of para-hydroxylation sites is 1. The summed E-state index contributed by atoms with van der Waals surface area (Å²) in [5.41, 5.74) is 2.28. The number of nitrogens with one attached hydrogen (secondary N) is 1. The van der Waals surface area contributed by atoms with Crippen molar-refractivity contribution >= 4 is 22.5 Å². The molecule has 4 aromatic rings. The molecular weight excluding hydrogens is 330 g/mol. The Morgan fingerprint density at radius 1 is 1.04 bits per heavy atom. The van der Waals surface area contributed by atoms with Gasteiger partial charge in [-0.15, -0.1) is 0 Å². The lowest BCUT2D eigenvalue weighted by Crippen LogP contribution is -2.13. The number of carbonyl (C=O) groups excluding carboxylic acids is 1. The van der Waals surface area contributed by atoms with E-state index in [-0.39, 0.29) is 12.3 Å². The Hall–Kier alpha value is -3.61. The number of rotatable bonds is 5. The number of amides is 1. The summed E-state index contributed by atoms with van der Waals surface area (Å²) in [5.74, 6) is 0.774. The Balaban J connectivity index is 1.41. The molecule has 0 fully saturated rings. The van der Waals surface area contributed by atoms with Crippen molar-refractivity contribution in [3.63, 3.8) is 0 Å². The van der Waals surface area contributed by atoms with Crippen molar-refractivity contribution in [3.8, 4) is 11.4 Å². The van der Waals surface area contributed by atoms with Crippen molar-refractivity contribution in [2.75, 3.05) is 5.32 Å². The van der Waals surface area contributed by atoms with Crippen molar-refractivity contribution in [1.29, 1.82) is 0 Å². The lowest BCUT2D eigenvalue weighted by atomic mass is 10.2. The van der Waals surface area contributed by atoms with Gasteiger partial charge in [0.2, 0.25) is 17.6 Å². The Bertz CT molecular complexity index is 1040. The molecule has 3 heterocycles. The number of carbonyl (C=O) groups is 1. The van der Waals surface area contributed by atoms with Crippen LogP contribution < -0.4 is 5.32 Å². The number of hydrogen-bond acceptors (Lipinski definition) is 6. The van der Waals surface area contributed by atoms with Crippen molar-refractivity contribution in [3.05, 3.63) is 66.9 Å². The van der Waals surface area contributed by atoms with Gasteiger partial charge in [-0.1, -0.05) is 23.4 Å². The number of hydrogen-bond donors (Lipinski definition) is 1. The number of fused-ring (bicyclic) bond motifs is 1. The number of anilines is 1. The number of aryl methyl sites for hydroxylation is 1. The predicted octanol–water partition coefficient (Wildman–Crippen LogP) is 3.25. The van der Waals surface area contributed by atoms with Gasteiger partial charge in [-0.25, -0.2) is 0 Å². The molecule has 7 nitrogen and oxygen atoms in total. The van der Waals surface area contributed by atoms with E-state index in [1.54, 1.807) is 30.7 Å². The van der Waals surface area contributed by atoms with Gasteiger partial charge >= 0.3 is 0 Å². The lowest BCUT2D eigenvalue weighted by Gasteiger charge is -2.07. The summed E-state index contributed by atoms with van der Waals surface area (Å²) in [6.45, 7) is 0. The zero-order valence-corrected chi connectivity index (χ0v) is 13.8. The van der Waals surface area contributed by atoms with Gasteiger partial charge in [0.1, 0.15) is 0 Å². The molecule has 0 aliphatic carbocycles. The maximum atomic E-state index is 12.3. The second kappa shape index (κ2) is 7.10. The van der Waals surface area contributed by atoms with Crippen LogP contribution in [0.3, 0.4) is 0 Å². The molecule has 0 saturated heterocycles. The minimum Gasteiger partial charge on any atom is -0.339 e. The molecule has 0 bridgehead atoms. The molecule has 0 spiro atoms. The van der Waals surface area contributed by atoms with Gasteiger partial charge in [0.15, 0.2) is 0 Å². The maximum absolute atomic E-state index is 12.3. The van der Waals surface area contributed by atoms with E-state index in [0.717, 1.165) is 16.5 Å². The molecule has 128 valence electrons. The van der Waals surface area contributed by atoms with Gasteiger partial charge in [0.05, 0.1) is 11.2 Å². The largest absolute Gasteiger partial charge is 0.339 e. The monoisotopic (exact) mass is 345 g/mol. The summed E-state index contributed by atoms with van der Waals surface area (Å²) in [5, 5.41) is 7.80. The average molecular weight is 345 g/mol. The fourth-order valence-electron chi connectivity index (χ4n) is 2.61. The maximum Gasteiger partial charge on any atom is 0.227 e.